The Bertz CT molecular complexity index is 162. The molecule has 0 aromatic rings. The van der Waals surface area contributed by atoms with Crippen molar-refractivity contribution in [1.29, 1.82) is 0 Å². The van der Waals surface area contributed by atoms with E-state index >= 15 is 0 Å². The molecular formula is C12H24O2. The molecule has 0 saturated heterocycles. The second-order valence-corrected chi connectivity index (χ2v) is 4.82. The molecule has 0 N–H and O–H groups in total. The van der Waals surface area contributed by atoms with Crippen molar-refractivity contribution in [3.63, 3.8) is 0 Å². The van der Waals surface area contributed by atoms with Gasteiger partial charge in [-0.3, -0.25) is 4.79 Å². The molecule has 0 saturated carbocycles. The highest BCUT2D eigenvalue weighted by Gasteiger charge is 2.11. The Morgan fingerprint density at radius 1 is 1.07 bits per heavy atom. The first-order valence-electron chi connectivity index (χ1n) is 5.61. The van der Waals surface area contributed by atoms with Crippen molar-refractivity contribution in [2.75, 3.05) is 0 Å². The maximum absolute atomic E-state index is 11.3. The van der Waals surface area contributed by atoms with Crippen molar-refractivity contribution in [3.8, 4) is 0 Å². The molecule has 2 nitrogen and oxygen atoms in total. The van der Waals surface area contributed by atoms with E-state index in [0.717, 1.165) is 12.3 Å². The molecule has 0 rings (SSSR count). The van der Waals surface area contributed by atoms with Crippen LogP contribution in [-0.4, -0.2) is 12.1 Å². The number of ether oxygens (including phenoxy) is 1. The van der Waals surface area contributed by atoms with Crippen molar-refractivity contribution in [3.05, 3.63) is 0 Å². The van der Waals surface area contributed by atoms with Gasteiger partial charge in [-0.2, -0.15) is 0 Å². The van der Waals surface area contributed by atoms with Crippen LogP contribution in [0.2, 0.25) is 0 Å². The molecule has 0 heterocycles. The van der Waals surface area contributed by atoms with Gasteiger partial charge in [0.05, 0.1) is 6.10 Å². The third kappa shape index (κ3) is 8.09. The van der Waals surface area contributed by atoms with Gasteiger partial charge >= 0.3 is 5.97 Å². The Morgan fingerprint density at radius 2 is 1.64 bits per heavy atom. The molecule has 0 aliphatic carbocycles. The molecule has 0 aromatic carbocycles. The largest absolute Gasteiger partial charge is 0.463 e. The number of hydrogen-bond acceptors (Lipinski definition) is 2. The van der Waals surface area contributed by atoms with E-state index in [4.69, 9.17) is 4.74 Å². The minimum absolute atomic E-state index is 0.0137. The molecule has 84 valence electrons. The quantitative estimate of drug-likeness (QED) is 0.614. The van der Waals surface area contributed by atoms with Gasteiger partial charge in [0.15, 0.2) is 0 Å². The van der Waals surface area contributed by atoms with Gasteiger partial charge < -0.3 is 4.74 Å². The average Bonchev–Trinajstić information content (AvgIpc) is 1.98. The van der Waals surface area contributed by atoms with Crippen LogP contribution in [0, 0.1) is 11.8 Å². The van der Waals surface area contributed by atoms with E-state index in [9.17, 15) is 4.79 Å². The van der Waals surface area contributed by atoms with Gasteiger partial charge in [-0.1, -0.05) is 27.2 Å². The van der Waals surface area contributed by atoms with Crippen LogP contribution < -0.4 is 0 Å². The summed E-state index contributed by atoms with van der Waals surface area (Å²) in [5.41, 5.74) is 0. The van der Waals surface area contributed by atoms with Crippen LogP contribution in [0.1, 0.15) is 53.9 Å². The lowest BCUT2D eigenvalue weighted by Gasteiger charge is -2.13. The van der Waals surface area contributed by atoms with Gasteiger partial charge in [-0.15, -0.1) is 0 Å². The van der Waals surface area contributed by atoms with E-state index in [0.29, 0.717) is 12.3 Å². The highest BCUT2D eigenvalue weighted by Crippen LogP contribution is 2.15. The molecule has 0 radical (unpaired) electrons. The summed E-state index contributed by atoms with van der Waals surface area (Å²) in [6.45, 7) is 10.3. The van der Waals surface area contributed by atoms with Gasteiger partial charge in [0.1, 0.15) is 0 Å². The summed E-state index contributed by atoms with van der Waals surface area (Å²) in [4.78, 5) is 11.3. The molecule has 0 aliphatic rings. The molecule has 0 aromatic heterocycles. The predicted molar refractivity (Wildman–Crippen MR) is 59.1 cm³/mol. The van der Waals surface area contributed by atoms with Crippen molar-refractivity contribution in [2.24, 2.45) is 11.8 Å². The van der Waals surface area contributed by atoms with E-state index in [1.807, 2.05) is 13.8 Å². The van der Waals surface area contributed by atoms with Crippen molar-refractivity contribution in [2.45, 2.75) is 60.0 Å². The summed E-state index contributed by atoms with van der Waals surface area (Å²) in [5.74, 6) is 1.11. The molecule has 2 heteroatoms. The number of rotatable bonds is 6. The topological polar surface area (TPSA) is 26.3 Å². The second-order valence-electron chi connectivity index (χ2n) is 4.82. The van der Waals surface area contributed by atoms with Crippen LogP contribution >= 0.6 is 0 Å². The van der Waals surface area contributed by atoms with Crippen molar-refractivity contribution in [1.82, 2.24) is 0 Å². The lowest BCUT2D eigenvalue weighted by Crippen LogP contribution is -2.14. The van der Waals surface area contributed by atoms with Crippen LogP contribution in [0.4, 0.5) is 0 Å². The summed E-state index contributed by atoms with van der Waals surface area (Å²) < 4.78 is 5.09. The van der Waals surface area contributed by atoms with Crippen molar-refractivity contribution < 1.29 is 9.53 Å². The monoisotopic (exact) mass is 200 g/mol. The summed E-state index contributed by atoms with van der Waals surface area (Å²) in [6.07, 6.45) is 2.88. The number of esters is 1. The van der Waals surface area contributed by atoms with E-state index in [1.54, 1.807) is 0 Å². The smallest absolute Gasteiger partial charge is 0.306 e. The molecule has 0 aliphatic heterocycles. The zero-order chi connectivity index (χ0) is 11.1. The Labute approximate surface area is 88.0 Å². The first-order chi connectivity index (χ1) is 6.41. The van der Waals surface area contributed by atoms with Crippen LogP contribution in [-0.2, 0) is 9.53 Å². The molecule has 0 fully saturated rings. The zero-order valence-electron chi connectivity index (χ0n) is 10.2. The highest BCUT2D eigenvalue weighted by molar-refractivity contribution is 5.69. The maximum Gasteiger partial charge on any atom is 0.306 e. The molecule has 0 spiro atoms. The molecule has 1 unspecified atom stereocenters. The van der Waals surface area contributed by atoms with E-state index < -0.39 is 0 Å². The number of hydrogen-bond donors (Lipinski definition) is 0. The third-order valence-electron chi connectivity index (χ3n) is 2.12. The predicted octanol–water partition coefficient (Wildman–Crippen LogP) is 3.40. The summed E-state index contributed by atoms with van der Waals surface area (Å²) >= 11 is 0. The van der Waals surface area contributed by atoms with Crippen LogP contribution in [0.15, 0.2) is 0 Å². The molecule has 0 bridgehead atoms. The summed E-state index contributed by atoms with van der Waals surface area (Å²) in [5, 5.41) is 0. The first-order valence-corrected chi connectivity index (χ1v) is 5.61. The molecule has 14 heavy (non-hydrogen) atoms. The maximum atomic E-state index is 11.3. The second kappa shape index (κ2) is 6.86. The van der Waals surface area contributed by atoms with E-state index in [-0.39, 0.29) is 12.1 Å². The van der Waals surface area contributed by atoms with Crippen LogP contribution in [0.5, 0.6) is 0 Å². The van der Waals surface area contributed by atoms with E-state index in [2.05, 4.69) is 20.8 Å². The summed E-state index contributed by atoms with van der Waals surface area (Å²) in [6, 6.07) is 0. The standard InChI is InChI=1S/C12H24O2/c1-9(2)6-7-11(5)8-12(13)14-10(3)4/h9-11H,6-8H2,1-5H3. The fourth-order valence-corrected chi connectivity index (χ4v) is 1.32. The first kappa shape index (κ1) is 13.5. The fraction of sp³-hybridized carbons (Fsp3) is 0.917. The Morgan fingerprint density at radius 3 is 2.07 bits per heavy atom. The Hall–Kier alpha value is -0.530. The Kier molecular flexibility index (Phi) is 6.60. The number of carbonyl (C=O) groups is 1. The SMILES string of the molecule is CC(C)CCC(C)CC(=O)OC(C)C. The minimum Gasteiger partial charge on any atom is -0.463 e. The van der Waals surface area contributed by atoms with Crippen LogP contribution in [0.25, 0.3) is 0 Å². The molecule has 1 atom stereocenters. The van der Waals surface area contributed by atoms with Gasteiger partial charge in [0.25, 0.3) is 0 Å². The lowest BCUT2D eigenvalue weighted by atomic mass is 9.97. The average molecular weight is 200 g/mol. The molecular weight excluding hydrogens is 176 g/mol. The number of carbonyl (C=O) groups excluding carboxylic acids is 1. The Balaban J connectivity index is 3.60. The highest BCUT2D eigenvalue weighted by atomic mass is 16.5. The zero-order valence-corrected chi connectivity index (χ0v) is 10.2. The fourth-order valence-electron chi connectivity index (χ4n) is 1.32. The van der Waals surface area contributed by atoms with Gasteiger partial charge in [-0.25, -0.2) is 0 Å². The lowest BCUT2D eigenvalue weighted by molar-refractivity contribution is -0.148. The van der Waals surface area contributed by atoms with Crippen LogP contribution in [0.3, 0.4) is 0 Å². The normalized spacial score (nSPS) is 13.4. The molecule has 0 amide bonds. The third-order valence-corrected chi connectivity index (χ3v) is 2.12. The minimum atomic E-state index is -0.0590. The van der Waals surface area contributed by atoms with Gasteiger partial charge in [0, 0.05) is 6.42 Å². The van der Waals surface area contributed by atoms with E-state index in [1.165, 1.54) is 6.42 Å². The van der Waals surface area contributed by atoms with Gasteiger partial charge in [-0.05, 0) is 32.1 Å². The summed E-state index contributed by atoms with van der Waals surface area (Å²) in [7, 11) is 0. The van der Waals surface area contributed by atoms with Gasteiger partial charge in [0.2, 0.25) is 0 Å². The van der Waals surface area contributed by atoms with Crippen molar-refractivity contribution >= 4 is 5.97 Å².